The first-order valence-electron chi connectivity index (χ1n) is 6.25. The maximum absolute atomic E-state index is 11.0. The summed E-state index contributed by atoms with van der Waals surface area (Å²) in [5, 5.41) is 13.0. The molecule has 0 spiro atoms. The molecule has 0 saturated heterocycles. The van der Waals surface area contributed by atoms with Crippen LogP contribution < -0.4 is 5.32 Å². The Hall–Kier alpha value is -1.97. The molecule has 0 aliphatic rings. The number of hydrogen-bond acceptors (Lipinski definition) is 2. The van der Waals surface area contributed by atoms with Crippen LogP contribution in [0, 0.1) is 0 Å². The van der Waals surface area contributed by atoms with Crippen molar-refractivity contribution in [1.29, 1.82) is 0 Å². The van der Waals surface area contributed by atoms with E-state index in [4.69, 9.17) is 28.3 Å². The maximum Gasteiger partial charge on any atom is 0.337 e. The predicted octanol–water partition coefficient (Wildman–Crippen LogP) is 4.82. The summed E-state index contributed by atoms with van der Waals surface area (Å²) < 4.78 is 0. The molecule has 5 heteroatoms. The number of aromatic carboxylic acids is 1. The zero-order valence-corrected chi connectivity index (χ0v) is 12.5. The first kappa shape index (κ1) is 15.4. The molecule has 108 valence electrons. The summed E-state index contributed by atoms with van der Waals surface area (Å²) in [7, 11) is 0. The summed E-state index contributed by atoms with van der Waals surface area (Å²) in [6.45, 7) is 0.573. The van der Waals surface area contributed by atoms with Crippen LogP contribution in [-0.2, 0) is 0 Å². The zero-order valence-electron chi connectivity index (χ0n) is 11.0. The van der Waals surface area contributed by atoms with E-state index in [0.717, 1.165) is 5.56 Å². The van der Waals surface area contributed by atoms with Gasteiger partial charge in [0, 0.05) is 17.3 Å². The zero-order chi connectivity index (χ0) is 15.2. The highest BCUT2D eigenvalue weighted by Gasteiger charge is 2.08. The minimum absolute atomic E-state index is 0.0864. The number of carbonyl (C=O) groups is 1. The molecule has 0 unspecified atom stereocenters. The van der Waals surface area contributed by atoms with Crippen LogP contribution in [0.4, 0.5) is 5.69 Å². The van der Waals surface area contributed by atoms with Crippen LogP contribution in [0.25, 0.3) is 6.08 Å². The molecule has 0 bridgehead atoms. The van der Waals surface area contributed by atoms with Crippen molar-refractivity contribution >= 4 is 40.9 Å². The molecule has 0 fully saturated rings. The third kappa shape index (κ3) is 4.52. The van der Waals surface area contributed by atoms with Crippen molar-refractivity contribution < 1.29 is 9.90 Å². The molecule has 21 heavy (non-hydrogen) atoms. The Kier molecular flexibility index (Phi) is 5.26. The van der Waals surface area contributed by atoms with Crippen LogP contribution in [0.5, 0.6) is 0 Å². The molecule has 0 aromatic heterocycles. The molecule has 3 nitrogen and oxygen atoms in total. The average Bonchev–Trinajstić information content (AvgIpc) is 2.46. The van der Waals surface area contributed by atoms with E-state index in [2.05, 4.69) is 5.32 Å². The molecule has 0 amide bonds. The van der Waals surface area contributed by atoms with E-state index in [9.17, 15) is 4.79 Å². The Balaban J connectivity index is 1.96. The van der Waals surface area contributed by atoms with Gasteiger partial charge in [-0.3, -0.25) is 0 Å². The van der Waals surface area contributed by atoms with Gasteiger partial charge in [0.15, 0.2) is 0 Å². The standard InChI is InChI=1S/C16H13Cl2NO2/c17-12-5-3-11(4-6-12)2-1-9-19-13-7-8-15(18)14(10-13)16(20)21/h1-8,10,19H,9H2,(H,20,21)/b2-1+. The Morgan fingerprint density at radius 2 is 1.86 bits per heavy atom. The van der Waals surface area contributed by atoms with Crippen LogP contribution in [0.15, 0.2) is 48.5 Å². The van der Waals surface area contributed by atoms with Crippen molar-refractivity contribution in [3.63, 3.8) is 0 Å². The Morgan fingerprint density at radius 1 is 1.14 bits per heavy atom. The van der Waals surface area contributed by atoms with Crippen LogP contribution >= 0.6 is 23.2 Å². The third-order valence-electron chi connectivity index (χ3n) is 2.80. The van der Waals surface area contributed by atoms with Gasteiger partial charge in [-0.15, -0.1) is 0 Å². The van der Waals surface area contributed by atoms with E-state index in [-0.39, 0.29) is 10.6 Å². The molecule has 0 radical (unpaired) electrons. The first-order valence-corrected chi connectivity index (χ1v) is 7.00. The molecule has 2 aromatic rings. The van der Waals surface area contributed by atoms with Crippen LogP contribution in [0.3, 0.4) is 0 Å². The monoisotopic (exact) mass is 321 g/mol. The highest BCUT2D eigenvalue weighted by atomic mass is 35.5. The fourth-order valence-electron chi connectivity index (χ4n) is 1.74. The van der Waals surface area contributed by atoms with Gasteiger partial charge in [0.25, 0.3) is 0 Å². The molecule has 0 saturated carbocycles. The Morgan fingerprint density at radius 3 is 2.52 bits per heavy atom. The van der Waals surface area contributed by atoms with E-state index in [0.29, 0.717) is 17.3 Å². The fraction of sp³-hybridized carbons (Fsp3) is 0.0625. The van der Waals surface area contributed by atoms with Crippen molar-refractivity contribution in [3.8, 4) is 0 Å². The lowest BCUT2D eigenvalue weighted by Crippen LogP contribution is -2.02. The number of nitrogens with one attached hydrogen (secondary N) is 1. The van der Waals surface area contributed by atoms with Crippen molar-refractivity contribution in [2.24, 2.45) is 0 Å². The molecule has 2 rings (SSSR count). The van der Waals surface area contributed by atoms with Crippen molar-refractivity contribution in [2.45, 2.75) is 0 Å². The number of benzene rings is 2. The Bertz CT molecular complexity index is 666. The largest absolute Gasteiger partial charge is 0.478 e. The van der Waals surface area contributed by atoms with Crippen LogP contribution in [0.1, 0.15) is 15.9 Å². The third-order valence-corrected chi connectivity index (χ3v) is 3.38. The van der Waals surface area contributed by atoms with Crippen molar-refractivity contribution in [3.05, 3.63) is 69.7 Å². The molecule has 0 heterocycles. The highest BCUT2D eigenvalue weighted by molar-refractivity contribution is 6.33. The number of rotatable bonds is 5. The minimum Gasteiger partial charge on any atom is -0.478 e. The van der Waals surface area contributed by atoms with E-state index in [1.54, 1.807) is 12.1 Å². The van der Waals surface area contributed by atoms with Crippen LogP contribution in [0.2, 0.25) is 10.0 Å². The van der Waals surface area contributed by atoms with E-state index in [1.807, 2.05) is 36.4 Å². The summed E-state index contributed by atoms with van der Waals surface area (Å²) in [5.74, 6) is -1.04. The number of carboxylic acid groups (broad SMARTS) is 1. The topological polar surface area (TPSA) is 49.3 Å². The van der Waals surface area contributed by atoms with E-state index >= 15 is 0 Å². The smallest absolute Gasteiger partial charge is 0.337 e. The van der Waals surface area contributed by atoms with Gasteiger partial charge in [0.05, 0.1) is 10.6 Å². The normalized spacial score (nSPS) is 10.8. The number of halogens is 2. The summed E-state index contributed by atoms with van der Waals surface area (Å²) in [4.78, 5) is 11.0. The quantitative estimate of drug-likeness (QED) is 0.830. The number of hydrogen-bond donors (Lipinski definition) is 2. The Labute approximate surface area is 132 Å². The van der Waals surface area contributed by atoms with Crippen LogP contribution in [-0.4, -0.2) is 17.6 Å². The highest BCUT2D eigenvalue weighted by Crippen LogP contribution is 2.20. The molecule has 0 atom stereocenters. The maximum atomic E-state index is 11.0. The lowest BCUT2D eigenvalue weighted by molar-refractivity contribution is 0.0697. The van der Waals surface area contributed by atoms with E-state index < -0.39 is 5.97 Å². The fourth-order valence-corrected chi connectivity index (χ4v) is 2.07. The molecular weight excluding hydrogens is 309 g/mol. The second-order valence-electron chi connectivity index (χ2n) is 4.33. The van der Waals surface area contributed by atoms with Gasteiger partial charge in [0.2, 0.25) is 0 Å². The van der Waals surface area contributed by atoms with Gasteiger partial charge in [0.1, 0.15) is 0 Å². The predicted molar refractivity (Wildman–Crippen MR) is 87.4 cm³/mol. The lowest BCUT2D eigenvalue weighted by atomic mass is 10.2. The van der Waals surface area contributed by atoms with Gasteiger partial charge < -0.3 is 10.4 Å². The van der Waals surface area contributed by atoms with Crippen molar-refractivity contribution in [1.82, 2.24) is 0 Å². The SMILES string of the molecule is O=C(O)c1cc(NC/C=C/c2ccc(Cl)cc2)ccc1Cl. The molecule has 2 aromatic carbocycles. The number of anilines is 1. The molecule has 0 aliphatic carbocycles. The van der Waals surface area contributed by atoms with E-state index in [1.165, 1.54) is 6.07 Å². The minimum atomic E-state index is -1.04. The second kappa shape index (κ2) is 7.16. The number of carboxylic acids is 1. The van der Waals surface area contributed by atoms with Crippen molar-refractivity contribution in [2.75, 3.05) is 11.9 Å². The van der Waals surface area contributed by atoms with Gasteiger partial charge in [-0.05, 0) is 35.9 Å². The lowest BCUT2D eigenvalue weighted by Gasteiger charge is -2.06. The molecular formula is C16H13Cl2NO2. The molecule has 0 aliphatic heterocycles. The summed E-state index contributed by atoms with van der Waals surface area (Å²) in [6.07, 6.45) is 3.90. The van der Waals surface area contributed by atoms with Gasteiger partial charge >= 0.3 is 5.97 Å². The molecule has 2 N–H and O–H groups in total. The van der Waals surface area contributed by atoms with Gasteiger partial charge in [-0.2, -0.15) is 0 Å². The summed E-state index contributed by atoms with van der Waals surface area (Å²) in [5.41, 5.74) is 1.84. The second-order valence-corrected chi connectivity index (χ2v) is 5.18. The summed E-state index contributed by atoms with van der Waals surface area (Å²) in [6, 6.07) is 12.3. The average molecular weight is 322 g/mol. The van der Waals surface area contributed by atoms with Gasteiger partial charge in [-0.25, -0.2) is 4.79 Å². The first-order chi connectivity index (χ1) is 10.1. The summed E-state index contributed by atoms with van der Waals surface area (Å²) >= 11 is 11.6. The van der Waals surface area contributed by atoms with Gasteiger partial charge in [-0.1, -0.05) is 47.5 Å².